The lowest BCUT2D eigenvalue weighted by Gasteiger charge is -2.26. The number of carbonyl (C=O) groups excluding carboxylic acids is 1. The number of hydrogen-bond acceptors (Lipinski definition) is 3. The van der Waals surface area contributed by atoms with E-state index in [1.54, 1.807) is 20.8 Å². The molecule has 1 N–H and O–H groups in total. The Balaban J connectivity index is 1.65. The van der Waals surface area contributed by atoms with Crippen LogP contribution >= 0.6 is 0 Å². The van der Waals surface area contributed by atoms with E-state index in [1.807, 2.05) is 24.3 Å². The van der Waals surface area contributed by atoms with Gasteiger partial charge in [-0.05, 0) is 63.5 Å². The van der Waals surface area contributed by atoms with E-state index in [9.17, 15) is 19.1 Å². The molecular weight excluding hydrogens is 337 g/mol. The van der Waals surface area contributed by atoms with Gasteiger partial charge in [-0.25, -0.2) is 14.0 Å². The average Bonchev–Trinajstić information content (AvgIpc) is 3.13. The van der Waals surface area contributed by atoms with Crippen molar-refractivity contribution >= 4 is 12.1 Å². The predicted octanol–water partition coefficient (Wildman–Crippen LogP) is 3.90. The van der Waals surface area contributed by atoms with Gasteiger partial charge in [-0.3, -0.25) is 4.90 Å². The molecule has 2 atom stereocenters. The Kier molecular flexibility index (Phi) is 4.71. The van der Waals surface area contributed by atoms with Crippen LogP contribution in [0.25, 0.3) is 0 Å². The Hall–Kier alpha value is -2.11. The minimum Gasteiger partial charge on any atom is -0.480 e. The van der Waals surface area contributed by atoms with E-state index in [0.717, 1.165) is 5.56 Å². The largest absolute Gasteiger partial charge is 0.480 e. The number of carboxylic acids is 1. The molecule has 1 aliphatic heterocycles. The number of alkyl halides is 1. The van der Waals surface area contributed by atoms with E-state index in [1.165, 1.54) is 4.90 Å². The van der Waals surface area contributed by atoms with Crippen LogP contribution in [0.5, 0.6) is 0 Å². The second kappa shape index (κ2) is 6.56. The summed E-state index contributed by atoms with van der Waals surface area (Å²) in [7, 11) is 0. The molecule has 0 aromatic heterocycles. The molecule has 0 spiro atoms. The van der Waals surface area contributed by atoms with Crippen molar-refractivity contribution < 1.29 is 23.8 Å². The molecule has 1 saturated carbocycles. The number of nitrogens with zero attached hydrogens (tertiary/aromatic N) is 1. The molecule has 5 nitrogen and oxygen atoms in total. The van der Waals surface area contributed by atoms with Gasteiger partial charge in [0.05, 0.1) is 0 Å². The molecule has 1 amide bonds. The lowest BCUT2D eigenvalue weighted by Crippen LogP contribution is -2.43. The average molecular weight is 363 g/mol. The number of aliphatic carboxylic acids is 1. The van der Waals surface area contributed by atoms with Crippen molar-refractivity contribution in [1.82, 2.24) is 4.90 Å². The lowest BCUT2D eigenvalue weighted by atomic mass is 9.95. The summed E-state index contributed by atoms with van der Waals surface area (Å²) in [6.45, 7) is 5.62. The van der Waals surface area contributed by atoms with Gasteiger partial charge in [-0.15, -0.1) is 0 Å². The van der Waals surface area contributed by atoms with E-state index in [-0.39, 0.29) is 5.92 Å². The van der Waals surface area contributed by atoms with Crippen molar-refractivity contribution in [2.75, 3.05) is 6.54 Å². The molecule has 3 rings (SSSR count). The van der Waals surface area contributed by atoms with Crippen LogP contribution in [0, 0.1) is 5.92 Å². The highest BCUT2D eigenvalue weighted by Gasteiger charge is 2.45. The van der Waals surface area contributed by atoms with Gasteiger partial charge >= 0.3 is 12.1 Å². The fourth-order valence-corrected chi connectivity index (χ4v) is 3.50. The van der Waals surface area contributed by atoms with Crippen LogP contribution in [0.1, 0.15) is 51.2 Å². The van der Waals surface area contributed by atoms with E-state index in [0.29, 0.717) is 37.8 Å². The molecule has 1 aromatic rings. The molecule has 1 saturated heterocycles. The Morgan fingerprint density at radius 1 is 1.27 bits per heavy atom. The normalized spacial score (nSPS) is 24.4. The number of carboxylic acid groups (broad SMARTS) is 1. The van der Waals surface area contributed by atoms with Crippen molar-refractivity contribution in [3.05, 3.63) is 35.4 Å². The van der Waals surface area contributed by atoms with Gasteiger partial charge < -0.3 is 9.84 Å². The molecule has 1 aliphatic carbocycles. The zero-order valence-electron chi connectivity index (χ0n) is 15.5. The predicted molar refractivity (Wildman–Crippen MR) is 94.6 cm³/mol. The molecule has 0 bridgehead atoms. The molecular formula is C20H26FNO4. The van der Waals surface area contributed by atoms with Crippen molar-refractivity contribution in [2.45, 2.75) is 63.8 Å². The standard InChI is InChI=1S/C20H26FNO4/c1-19(2,3)26-18(25)22-12-14(11-16(22)17(23)24)10-13-4-6-15(7-5-13)20(21)8-9-20/h4-7,14,16H,8-12H2,1-3H3,(H,23,24)/t14-,16+/m1/s1. The number of carbonyl (C=O) groups is 2. The second-order valence-electron chi connectivity index (χ2n) is 8.45. The number of hydrogen-bond donors (Lipinski definition) is 1. The summed E-state index contributed by atoms with van der Waals surface area (Å²) < 4.78 is 19.4. The summed E-state index contributed by atoms with van der Waals surface area (Å²) in [6.07, 6.45) is 1.63. The fraction of sp³-hybridized carbons (Fsp3) is 0.600. The van der Waals surface area contributed by atoms with Crippen LogP contribution in [0.3, 0.4) is 0 Å². The first-order valence-electron chi connectivity index (χ1n) is 9.08. The summed E-state index contributed by atoms with van der Waals surface area (Å²) in [5.41, 5.74) is -0.0721. The highest BCUT2D eigenvalue weighted by Crippen LogP contribution is 2.49. The van der Waals surface area contributed by atoms with Crippen molar-refractivity contribution in [3.8, 4) is 0 Å². The zero-order valence-corrected chi connectivity index (χ0v) is 15.5. The van der Waals surface area contributed by atoms with E-state index in [2.05, 4.69) is 0 Å². The van der Waals surface area contributed by atoms with E-state index in [4.69, 9.17) is 4.74 Å². The number of amides is 1. The summed E-state index contributed by atoms with van der Waals surface area (Å²) in [4.78, 5) is 25.2. The highest BCUT2D eigenvalue weighted by atomic mass is 19.1. The fourth-order valence-electron chi connectivity index (χ4n) is 3.50. The van der Waals surface area contributed by atoms with Gasteiger partial charge in [0, 0.05) is 6.54 Å². The van der Waals surface area contributed by atoms with E-state index >= 15 is 0 Å². The molecule has 2 fully saturated rings. The zero-order chi connectivity index (χ0) is 19.1. The minimum atomic E-state index is -1.15. The Morgan fingerprint density at radius 2 is 1.88 bits per heavy atom. The molecule has 1 aromatic carbocycles. The maximum atomic E-state index is 14.1. The number of likely N-dealkylation sites (tertiary alicyclic amines) is 1. The van der Waals surface area contributed by atoms with Gasteiger partial charge in [-0.1, -0.05) is 24.3 Å². The highest BCUT2D eigenvalue weighted by molar-refractivity contribution is 5.81. The molecule has 1 heterocycles. The van der Waals surface area contributed by atoms with Crippen LogP contribution in [0.4, 0.5) is 9.18 Å². The molecule has 142 valence electrons. The van der Waals surface area contributed by atoms with Gasteiger partial charge in [0.15, 0.2) is 0 Å². The Bertz CT molecular complexity index is 691. The third-order valence-corrected chi connectivity index (χ3v) is 4.99. The topological polar surface area (TPSA) is 66.8 Å². The molecule has 26 heavy (non-hydrogen) atoms. The summed E-state index contributed by atoms with van der Waals surface area (Å²) in [6, 6.07) is 6.58. The molecule has 0 radical (unpaired) electrons. The summed E-state index contributed by atoms with van der Waals surface area (Å²) in [5, 5.41) is 9.46. The Labute approximate surface area is 153 Å². The molecule has 0 unspecified atom stereocenters. The van der Waals surface area contributed by atoms with Crippen molar-refractivity contribution in [2.24, 2.45) is 5.92 Å². The Morgan fingerprint density at radius 3 is 2.38 bits per heavy atom. The van der Waals surface area contributed by atoms with Gasteiger partial charge in [-0.2, -0.15) is 0 Å². The monoisotopic (exact) mass is 363 g/mol. The number of rotatable bonds is 4. The third kappa shape index (κ3) is 4.17. The lowest BCUT2D eigenvalue weighted by molar-refractivity contribution is -0.142. The minimum absolute atomic E-state index is 0.0368. The van der Waals surface area contributed by atoms with Gasteiger partial charge in [0.1, 0.15) is 17.3 Å². The SMILES string of the molecule is CC(C)(C)OC(=O)N1C[C@H](Cc2ccc(C3(F)CC3)cc2)C[C@H]1C(=O)O. The maximum Gasteiger partial charge on any atom is 0.411 e. The first-order chi connectivity index (χ1) is 12.1. The van der Waals surface area contributed by atoms with Crippen LogP contribution in [0.2, 0.25) is 0 Å². The van der Waals surface area contributed by atoms with Crippen LogP contribution in [-0.4, -0.2) is 40.3 Å². The van der Waals surface area contributed by atoms with Crippen molar-refractivity contribution in [1.29, 1.82) is 0 Å². The van der Waals surface area contributed by atoms with Gasteiger partial charge in [0.2, 0.25) is 0 Å². The first kappa shape index (κ1) is 18.7. The number of halogens is 1. The third-order valence-electron chi connectivity index (χ3n) is 4.99. The summed E-state index contributed by atoms with van der Waals surface area (Å²) >= 11 is 0. The molecule has 2 aliphatic rings. The smallest absolute Gasteiger partial charge is 0.411 e. The second-order valence-corrected chi connectivity index (χ2v) is 8.45. The van der Waals surface area contributed by atoms with Crippen molar-refractivity contribution in [3.63, 3.8) is 0 Å². The quantitative estimate of drug-likeness (QED) is 0.881. The summed E-state index contributed by atoms with van der Waals surface area (Å²) in [5.74, 6) is -0.975. The maximum absolute atomic E-state index is 14.1. The van der Waals surface area contributed by atoms with Crippen LogP contribution in [-0.2, 0) is 21.6 Å². The molecule has 6 heteroatoms. The van der Waals surface area contributed by atoms with E-state index < -0.39 is 29.4 Å². The number of benzene rings is 1. The van der Waals surface area contributed by atoms with Gasteiger partial charge in [0.25, 0.3) is 0 Å². The van der Waals surface area contributed by atoms with Crippen LogP contribution in [0.15, 0.2) is 24.3 Å². The first-order valence-corrected chi connectivity index (χ1v) is 9.08. The van der Waals surface area contributed by atoms with Crippen LogP contribution < -0.4 is 0 Å². The number of ether oxygens (including phenoxy) is 1.